The first kappa shape index (κ1) is 17.4. The van der Waals surface area contributed by atoms with Crippen LogP contribution in [0.4, 0.5) is 0 Å². The Morgan fingerprint density at radius 2 is 1.92 bits per heavy atom. The molecule has 7 heteroatoms. The molecule has 0 saturated carbocycles. The summed E-state index contributed by atoms with van der Waals surface area (Å²) in [5, 5.41) is 10.7. The Kier molecular flexibility index (Phi) is 5.35. The van der Waals surface area contributed by atoms with E-state index < -0.39 is 6.10 Å². The second-order valence-corrected chi connectivity index (χ2v) is 6.42. The highest BCUT2D eigenvalue weighted by molar-refractivity contribution is 9.10. The van der Waals surface area contributed by atoms with Gasteiger partial charge in [-0.05, 0) is 42.5 Å². The molecule has 0 radical (unpaired) electrons. The van der Waals surface area contributed by atoms with Gasteiger partial charge in [-0.2, -0.15) is 0 Å². The molecular weight excluding hydrogens is 388 g/mol. The lowest BCUT2D eigenvalue weighted by Crippen LogP contribution is -2.30. The number of fused-ring (bicyclic) bond motifs is 1. The predicted octanol–water partition coefficient (Wildman–Crippen LogP) is 2.61. The summed E-state index contributed by atoms with van der Waals surface area (Å²) >= 11 is 3.35. The Balaban J connectivity index is 1.68. The van der Waals surface area contributed by atoms with Gasteiger partial charge >= 0.3 is 0 Å². The summed E-state index contributed by atoms with van der Waals surface area (Å²) in [5.74, 6) is 1.35. The first-order valence-electron chi connectivity index (χ1n) is 7.66. The minimum Gasteiger partial charge on any atom is -0.497 e. The lowest BCUT2D eigenvalue weighted by atomic mass is 10.2. The number of halogens is 1. The number of aliphatic hydroxyl groups is 1. The first-order chi connectivity index (χ1) is 12.1. The van der Waals surface area contributed by atoms with E-state index in [2.05, 4.69) is 20.9 Å². The van der Waals surface area contributed by atoms with Crippen molar-refractivity contribution in [1.82, 2.24) is 9.55 Å². The third-order valence-electron chi connectivity index (χ3n) is 3.70. The molecule has 25 heavy (non-hydrogen) atoms. The third kappa shape index (κ3) is 4.18. The van der Waals surface area contributed by atoms with Gasteiger partial charge in [0, 0.05) is 4.47 Å². The minimum atomic E-state index is -0.841. The molecule has 0 bridgehead atoms. The zero-order chi connectivity index (χ0) is 17.8. The van der Waals surface area contributed by atoms with Gasteiger partial charge in [0.2, 0.25) is 0 Å². The summed E-state index contributed by atoms with van der Waals surface area (Å²) in [7, 11) is 1.59. The van der Waals surface area contributed by atoms with Crippen molar-refractivity contribution in [3.8, 4) is 11.5 Å². The highest BCUT2D eigenvalue weighted by Gasteiger charge is 2.10. The van der Waals surface area contributed by atoms with Crippen LogP contribution in [0.1, 0.15) is 0 Å². The van der Waals surface area contributed by atoms with Crippen LogP contribution in [0.5, 0.6) is 11.5 Å². The molecule has 0 fully saturated rings. The van der Waals surface area contributed by atoms with Crippen LogP contribution in [0.2, 0.25) is 0 Å². The Morgan fingerprint density at radius 1 is 1.20 bits per heavy atom. The van der Waals surface area contributed by atoms with Crippen LogP contribution in [0, 0.1) is 0 Å². The smallest absolute Gasteiger partial charge is 0.261 e. The van der Waals surface area contributed by atoms with Crippen molar-refractivity contribution in [2.24, 2.45) is 0 Å². The molecule has 1 atom stereocenters. The highest BCUT2D eigenvalue weighted by Crippen LogP contribution is 2.17. The maximum Gasteiger partial charge on any atom is 0.261 e. The fourth-order valence-corrected chi connectivity index (χ4v) is 2.77. The summed E-state index contributed by atoms with van der Waals surface area (Å²) in [4.78, 5) is 16.7. The fourth-order valence-electron chi connectivity index (χ4n) is 2.41. The van der Waals surface area contributed by atoms with Crippen LogP contribution < -0.4 is 15.0 Å². The molecule has 0 aliphatic carbocycles. The molecule has 1 heterocycles. The average molecular weight is 405 g/mol. The molecule has 0 spiro atoms. The number of aliphatic hydroxyl groups excluding tert-OH is 1. The SMILES string of the molecule is COc1ccc(OC[C@H](O)Cn2cnc3ccc(Br)cc3c2=O)cc1. The van der Waals surface area contributed by atoms with E-state index in [0.29, 0.717) is 16.7 Å². The van der Waals surface area contributed by atoms with Gasteiger partial charge in [-0.3, -0.25) is 9.36 Å². The maximum absolute atomic E-state index is 12.5. The van der Waals surface area contributed by atoms with E-state index in [9.17, 15) is 9.90 Å². The van der Waals surface area contributed by atoms with Crippen LogP contribution in [0.25, 0.3) is 10.9 Å². The average Bonchev–Trinajstić information content (AvgIpc) is 2.63. The number of hydrogen-bond acceptors (Lipinski definition) is 5. The molecule has 1 aromatic heterocycles. The van der Waals surface area contributed by atoms with Crippen molar-refractivity contribution in [2.75, 3.05) is 13.7 Å². The topological polar surface area (TPSA) is 73.6 Å². The molecule has 0 amide bonds. The number of hydrogen-bond donors (Lipinski definition) is 1. The summed E-state index contributed by atoms with van der Waals surface area (Å²) in [6.07, 6.45) is 0.598. The number of benzene rings is 2. The van der Waals surface area contributed by atoms with Crippen molar-refractivity contribution in [1.29, 1.82) is 0 Å². The van der Waals surface area contributed by atoms with E-state index in [1.54, 1.807) is 43.5 Å². The lowest BCUT2D eigenvalue weighted by molar-refractivity contribution is 0.0914. The van der Waals surface area contributed by atoms with Crippen LogP contribution in [0.15, 0.2) is 58.1 Å². The van der Waals surface area contributed by atoms with E-state index in [0.717, 1.165) is 10.2 Å². The number of nitrogens with zero attached hydrogens (tertiary/aromatic N) is 2. The van der Waals surface area contributed by atoms with E-state index in [1.807, 2.05) is 6.07 Å². The van der Waals surface area contributed by atoms with E-state index >= 15 is 0 Å². The van der Waals surface area contributed by atoms with Crippen LogP contribution in [0.3, 0.4) is 0 Å². The number of ether oxygens (including phenoxy) is 2. The van der Waals surface area contributed by atoms with E-state index in [1.165, 1.54) is 10.9 Å². The Hall–Kier alpha value is -2.38. The molecule has 2 aromatic carbocycles. The van der Waals surface area contributed by atoms with Gasteiger partial charge < -0.3 is 14.6 Å². The Labute approximate surface area is 152 Å². The Morgan fingerprint density at radius 3 is 2.64 bits per heavy atom. The molecule has 130 valence electrons. The molecule has 0 unspecified atom stereocenters. The van der Waals surface area contributed by atoms with Crippen molar-refractivity contribution in [2.45, 2.75) is 12.6 Å². The van der Waals surface area contributed by atoms with Crippen LogP contribution in [-0.4, -0.2) is 34.5 Å². The van der Waals surface area contributed by atoms with Gasteiger partial charge in [0.15, 0.2) is 0 Å². The number of aromatic nitrogens is 2. The van der Waals surface area contributed by atoms with Crippen molar-refractivity contribution in [3.63, 3.8) is 0 Å². The van der Waals surface area contributed by atoms with Crippen LogP contribution in [-0.2, 0) is 6.54 Å². The summed E-state index contributed by atoms with van der Waals surface area (Å²) in [6, 6.07) is 12.4. The number of methoxy groups -OCH3 is 1. The molecular formula is C18H17BrN2O4. The Bertz CT molecular complexity index is 925. The molecule has 1 N–H and O–H groups in total. The number of rotatable bonds is 6. The summed E-state index contributed by atoms with van der Waals surface area (Å²) < 4.78 is 12.8. The van der Waals surface area contributed by atoms with Gasteiger partial charge in [0.25, 0.3) is 5.56 Å². The normalized spacial score (nSPS) is 12.1. The van der Waals surface area contributed by atoms with Gasteiger partial charge in [-0.1, -0.05) is 15.9 Å². The van der Waals surface area contributed by atoms with Crippen molar-refractivity contribution in [3.05, 3.63) is 63.6 Å². The molecule has 6 nitrogen and oxygen atoms in total. The molecule has 3 rings (SSSR count). The monoisotopic (exact) mass is 404 g/mol. The van der Waals surface area contributed by atoms with Crippen LogP contribution >= 0.6 is 15.9 Å². The standard InChI is InChI=1S/C18H17BrN2O4/c1-24-14-3-5-15(6-4-14)25-10-13(22)9-21-11-20-17-7-2-12(19)8-16(17)18(21)23/h2-8,11,13,22H,9-10H2,1H3/t13-/m1/s1. The molecule has 3 aromatic rings. The summed E-state index contributed by atoms with van der Waals surface area (Å²) in [6.45, 7) is 0.166. The molecule has 0 aliphatic heterocycles. The zero-order valence-electron chi connectivity index (χ0n) is 13.6. The second kappa shape index (κ2) is 7.67. The van der Waals surface area contributed by atoms with E-state index in [4.69, 9.17) is 9.47 Å². The lowest BCUT2D eigenvalue weighted by Gasteiger charge is -2.14. The second-order valence-electron chi connectivity index (χ2n) is 5.50. The van der Waals surface area contributed by atoms with Crippen molar-refractivity contribution < 1.29 is 14.6 Å². The van der Waals surface area contributed by atoms with Gasteiger partial charge in [0.1, 0.15) is 24.2 Å². The van der Waals surface area contributed by atoms with Gasteiger partial charge in [0.05, 0.1) is 30.9 Å². The van der Waals surface area contributed by atoms with Gasteiger partial charge in [-0.15, -0.1) is 0 Å². The van der Waals surface area contributed by atoms with Gasteiger partial charge in [-0.25, -0.2) is 4.98 Å². The largest absolute Gasteiger partial charge is 0.497 e. The first-order valence-corrected chi connectivity index (χ1v) is 8.46. The molecule has 0 aliphatic rings. The predicted molar refractivity (Wildman–Crippen MR) is 98.2 cm³/mol. The third-order valence-corrected chi connectivity index (χ3v) is 4.19. The molecule has 0 saturated heterocycles. The van der Waals surface area contributed by atoms with Crippen molar-refractivity contribution >= 4 is 26.8 Å². The van der Waals surface area contributed by atoms with E-state index in [-0.39, 0.29) is 18.7 Å². The quantitative estimate of drug-likeness (QED) is 0.683. The zero-order valence-corrected chi connectivity index (χ0v) is 15.1. The highest BCUT2D eigenvalue weighted by atomic mass is 79.9. The maximum atomic E-state index is 12.5. The summed E-state index contributed by atoms with van der Waals surface area (Å²) in [5.41, 5.74) is 0.420. The minimum absolute atomic E-state index is 0.0648. The fraction of sp³-hybridized carbons (Fsp3) is 0.222.